The van der Waals surface area contributed by atoms with Crippen molar-refractivity contribution >= 4 is 23.2 Å². The molecule has 0 bridgehead atoms. The molecule has 1 unspecified atom stereocenters. The second kappa shape index (κ2) is 7.47. The lowest BCUT2D eigenvalue weighted by molar-refractivity contribution is 0.0979. The van der Waals surface area contributed by atoms with Crippen LogP contribution in [0, 0.1) is 0 Å². The number of fused-ring (bicyclic) bond motifs is 2. The van der Waals surface area contributed by atoms with Crippen molar-refractivity contribution in [2.45, 2.75) is 26.2 Å². The summed E-state index contributed by atoms with van der Waals surface area (Å²) in [6.45, 7) is 4.28. The van der Waals surface area contributed by atoms with E-state index in [2.05, 4.69) is 19.2 Å². The highest BCUT2D eigenvalue weighted by Crippen LogP contribution is 2.29. The minimum atomic E-state index is -0.254. The van der Waals surface area contributed by atoms with Crippen LogP contribution >= 0.6 is 0 Å². The Bertz CT molecular complexity index is 1130. The molecule has 1 atom stereocenters. The van der Waals surface area contributed by atoms with Gasteiger partial charge in [-0.2, -0.15) is 0 Å². The minimum absolute atomic E-state index is 0.172. The maximum atomic E-state index is 12.8. The third-order valence-electron chi connectivity index (χ3n) is 5.54. The van der Waals surface area contributed by atoms with Gasteiger partial charge in [-0.1, -0.05) is 50.2 Å². The number of carbonyl (C=O) groups is 3. The standard InChI is InChI=1S/C25H21NO3/c1-3-15(2)16-8-10-17(11-9-16)25(29)26-18-12-13-21-22(14-18)24(28)20-7-5-4-6-19(20)23(21)27/h4-15H,3H2,1-2H3,(H,26,29). The second-order valence-corrected chi connectivity index (χ2v) is 7.35. The zero-order chi connectivity index (χ0) is 20.5. The molecule has 3 aromatic rings. The fraction of sp³-hybridized carbons (Fsp3) is 0.160. The first kappa shape index (κ1) is 18.8. The van der Waals surface area contributed by atoms with Gasteiger partial charge in [-0.05, 0) is 48.2 Å². The Hall–Kier alpha value is -3.53. The Morgan fingerprint density at radius 1 is 0.828 bits per heavy atom. The third-order valence-corrected chi connectivity index (χ3v) is 5.54. The van der Waals surface area contributed by atoms with Gasteiger partial charge in [0.2, 0.25) is 0 Å². The largest absolute Gasteiger partial charge is 0.322 e. The number of ketones is 2. The van der Waals surface area contributed by atoms with Crippen LogP contribution in [-0.4, -0.2) is 17.5 Å². The van der Waals surface area contributed by atoms with Gasteiger partial charge in [-0.25, -0.2) is 0 Å². The lowest BCUT2D eigenvalue weighted by Crippen LogP contribution is -2.21. The molecular formula is C25H21NO3. The number of hydrogen-bond donors (Lipinski definition) is 1. The predicted octanol–water partition coefficient (Wildman–Crippen LogP) is 5.23. The van der Waals surface area contributed by atoms with Gasteiger partial charge in [0.05, 0.1) is 0 Å². The Labute approximate surface area is 169 Å². The summed E-state index contributed by atoms with van der Waals surface area (Å²) < 4.78 is 0. The topological polar surface area (TPSA) is 63.2 Å². The summed E-state index contributed by atoms with van der Waals surface area (Å²) >= 11 is 0. The SMILES string of the molecule is CCC(C)c1ccc(C(=O)Nc2ccc3c(c2)C(=O)c2ccccc2C3=O)cc1. The van der Waals surface area contributed by atoms with E-state index in [1.807, 2.05) is 12.1 Å². The maximum Gasteiger partial charge on any atom is 0.255 e. The lowest BCUT2D eigenvalue weighted by Gasteiger charge is -2.18. The number of anilines is 1. The molecule has 1 aliphatic rings. The number of benzene rings is 3. The number of rotatable bonds is 4. The molecule has 0 radical (unpaired) electrons. The average molecular weight is 383 g/mol. The Morgan fingerprint density at radius 2 is 1.41 bits per heavy atom. The Balaban J connectivity index is 1.59. The van der Waals surface area contributed by atoms with E-state index in [0.29, 0.717) is 39.4 Å². The van der Waals surface area contributed by atoms with Crippen molar-refractivity contribution in [3.05, 3.63) is 100 Å². The molecule has 0 spiro atoms. The van der Waals surface area contributed by atoms with Gasteiger partial charge < -0.3 is 5.32 Å². The molecule has 144 valence electrons. The van der Waals surface area contributed by atoms with Gasteiger partial charge in [0.25, 0.3) is 5.91 Å². The van der Waals surface area contributed by atoms with E-state index in [1.165, 1.54) is 5.56 Å². The highest BCUT2D eigenvalue weighted by Gasteiger charge is 2.29. The maximum absolute atomic E-state index is 12.8. The van der Waals surface area contributed by atoms with E-state index in [4.69, 9.17) is 0 Å². The molecular weight excluding hydrogens is 362 g/mol. The molecule has 0 aliphatic heterocycles. The molecule has 0 saturated carbocycles. The first-order chi connectivity index (χ1) is 14.0. The third kappa shape index (κ3) is 3.38. The molecule has 0 aromatic heterocycles. The smallest absolute Gasteiger partial charge is 0.255 e. The van der Waals surface area contributed by atoms with Gasteiger partial charge in [0.15, 0.2) is 11.6 Å². The Kier molecular flexibility index (Phi) is 4.85. The van der Waals surface area contributed by atoms with Crippen LogP contribution in [0.25, 0.3) is 0 Å². The second-order valence-electron chi connectivity index (χ2n) is 7.35. The Morgan fingerprint density at radius 3 is 2.03 bits per heavy atom. The van der Waals surface area contributed by atoms with Gasteiger partial charge >= 0.3 is 0 Å². The zero-order valence-electron chi connectivity index (χ0n) is 16.4. The molecule has 4 nitrogen and oxygen atoms in total. The average Bonchev–Trinajstić information content (AvgIpc) is 2.77. The quantitative estimate of drug-likeness (QED) is 0.525. The summed E-state index contributed by atoms with van der Waals surface area (Å²) in [5.74, 6) is -0.187. The van der Waals surface area contributed by atoms with Crippen LogP contribution in [0.2, 0.25) is 0 Å². The van der Waals surface area contributed by atoms with Gasteiger partial charge in [-0.3, -0.25) is 14.4 Å². The fourth-order valence-corrected chi connectivity index (χ4v) is 3.58. The summed E-state index contributed by atoms with van der Waals surface area (Å²) in [5, 5.41) is 2.83. The molecule has 29 heavy (non-hydrogen) atoms. The molecule has 4 rings (SSSR count). The minimum Gasteiger partial charge on any atom is -0.322 e. The first-order valence-corrected chi connectivity index (χ1v) is 9.73. The van der Waals surface area contributed by atoms with Gasteiger partial charge in [-0.15, -0.1) is 0 Å². The molecule has 1 amide bonds. The zero-order valence-corrected chi connectivity index (χ0v) is 16.4. The van der Waals surface area contributed by atoms with Crippen LogP contribution in [0.3, 0.4) is 0 Å². The number of hydrogen-bond acceptors (Lipinski definition) is 3. The molecule has 4 heteroatoms. The van der Waals surface area contributed by atoms with Crippen LogP contribution in [0.4, 0.5) is 5.69 Å². The molecule has 1 N–H and O–H groups in total. The van der Waals surface area contributed by atoms with Crippen LogP contribution in [0.1, 0.15) is 74.0 Å². The van der Waals surface area contributed by atoms with E-state index in [1.54, 1.807) is 54.6 Å². The predicted molar refractivity (Wildman–Crippen MR) is 113 cm³/mol. The van der Waals surface area contributed by atoms with Crippen LogP contribution < -0.4 is 5.32 Å². The fourth-order valence-electron chi connectivity index (χ4n) is 3.58. The summed E-state index contributed by atoms with van der Waals surface area (Å²) in [4.78, 5) is 38.1. The number of carbonyl (C=O) groups excluding carboxylic acids is 3. The normalized spacial score (nSPS) is 13.4. The van der Waals surface area contributed by atoms with Crippen molar-refractivity contribution in [2.24, 2.45) is 0 Å². The van der Waals surface area contributed by atoms with Crippen molar-refractivity contribution in [2.75, 3.05) is 5.32 Å². The van der Waals surface area contributed by atoms with E-state index in [0.717, 1.165) is 6.42 Å². The number of amides is 1. The summed E-state index contributed by atoms with van der Waals surface area (Å²) in [5.41, 5.74) is 3.73. The van der Waals surface area contributed by atoms with Crippen LogP contribution in [0.15, 0.2) is 66.7 Å². The van der Waals surface area contributed by atoms with E-state index < -0.39 is 0 Å². The molecule has 0 heterocycles. The van der Waals surface area contributed by atoms with Crippen molar-refractivity contribution < 1.29 is 14.4 Å². The molecule has 3 aromatic carbocycles. The van der Waals surface area contributed by atoms with Crippen molar-refractivity contribution in [1.82, 2.24) is 0 Å². The molecule has 0 saturated heterocycles. The van der Waals surface area contributed by atoms with Crippen molar-refractivity contribution in [1.29, 1.82) is 0 Å². The van der Waals surface area contributed by atoms with E-state index >= 15 is 0 Å². The van der Waals surface area contributed by atoms with Gasteiger partial charge in [0.1, 0.15) is 0 Å². The summed E-state index contributed by atoms with van der Waals surface area (Å²) in [6, 6.07) is 19.2. The van der Waals surface area contributed by atoms with Crippen molar-refractivity contribution in [3.8, 4) is 0 Å². The number of nitrogens with one attached hydrogen (secondary N) is 1. The van der Waals surface area contributed by atoms with Gasteiger partial charge in [0, 0.05) is 33.5 Å². The van der Waals surface area contributed by atoms with Crippen molar-refractivity contribution in [3.63, 3.8) is 0 Å². The van der Waals surface area contributed by atoms with Crippen LogP contribution in [0.5, 0.6) is 0 Å². The van der Waals surface area contributed by atoms with Crippen LogP contribution in [-0.2, 0) is 0 Å². The monoisotopic (exact) mass is 383 g/mol. The first-order valence-electron chi connectivity index (χ1n) is 9.73. The van der Waals surface area contributed by atoms with E-state index in [9.17, 15) is 14.4 Å². The highest BCUT2D eigenvalue weighted by atomic mass is 16.2. The van der Waals surface area contributed by atoms with E-state index in [-0.39, 0.29) is 17.5 Å². The lowest BCUT2D eigenvalue weighted by atomic mass is 9.84. The molecule has 1 aliphatic carbocycles. The highest BCUT2D eigenvalue weighted by molar-refractivity contribution is 6.28. The summed E-state index contributed by atoms with van der Waals surface area (Å²) in [7, 11) is 0. The summed E-state index contributed by atoms with van der Waals surface area (Å²) in [6.07, 6.45) is 1.04. The molecule has 0 fully saturated rings.